The Morgan fingerprint density at radius 2 is 1.58 bits per heavy atom. The van der Waals surface area contributed by atoms with Gasteiger partial charge in [-0.1, -0.05) is 30.3 Å². The molecule has 1 heterocycles. The van der Waals surface area contributed by atoms with Gasteiger partial charge < -0.3 is 28.0 Å². The van der Waals surface area contributed by atoms with Gasteiger partial charge in [-0.3, -0.25) is 14.2 Å². The minimum absolute atomic E-state index is 0.0317. The molecule has 0 aromatic heterocycles. The monoisotopic (exact) mass is 494 g/mol. The van der Waals surface area contributed by atoms with Crippen LogP contribution >= 0.6 is 7.60 Å². The van der Waals surface area contributed by atoms with E-state index in [4.69, 9.17) is 28.0 Å². The molecule has 1 aliphatic rings. The Morgan fingerprint density at radius 3 is 2.09 bits per heavy atom. The average Bonchev–Trinajstić information content (AvgIpc) is 3.01. The van der Waals surface area contributed by atoms with Crippen LogP contribution in [0.3, 0.4) is 0 Å². The number of benzene rings is 1. The van der Waals surface area contributed by atoms with E-state index in [1.165, 1.54) is 13.8 Å². The summed E-state index contributed by atoms with van der Waals surface area (Å²) in [7, 11) is -4.86. The van der Waals surface area contributed by atoms with Crippen molar-refractivity contribution in [2.45, 2.75) is 71.0 Å². The van der Waals surface area contributed by atoms with Gasteiger partial charge in [0.25, 0.3) is 0 Å². The molecular formula is C21H29F2O9P. The Kier molecular flexibility index (Phi) is 9.93. The molecule has 0 saturated carbocycles. The Morgan fingerprint density at radius 1 is 1.00 bits per heavy atom. The number of hydrogen-bond acceptors (Lipinski definition) is 9. The molecule has 1 aliphatic heterocycles. The zero-order valence-electron chi connectivity index (χ0n) is 18.9. The normalized spacial score (nSPS) is 23.3. The van der Waals surface area contributed by atoms with Gasteiger partial charge in [0.2, 0.25) is 6.29 Å². The van der Waals surface area contributed by atoms with Crippen LogP contribution in [-0.4, -0.2) is 55.4 Å². The van der Waals surface area contributed by atoms with E-state index in [1.54, 1.807) is 30.3 Å². The van der Waals surface area contributed by atoms with Gasteiger partial charge in [-0.25, -0.2) is 0 Å². The predicted octanol–water partition coefficient (Wildman–Crippen LogP) is 4.04. The van der Waals surface area contributed by atoms with E-state index in [-0.39, 0.29) is 19.8 Å². The second-order valence-corrected chi connectivity index (χ2v) is 9.36. The number of hydrogen-bond donors (Lipinski definition) is 0. The Hall–Kier alpha value is -1.91. The number of ether oxygens (including phenoxy) is 4. The molecule has 12 heteroatoms. The first-order chi connectivity index (χ1) is 15.5. The average molecular weight is 494 g/mol. The van der Waals surface area contributed by atoms with Crippen molar-refractivity contribution >= 4 is 19.5 Å². The van der Waals surface area contributed by atoms with Crippen molar-refractivity contribution < 1.29 is 50.9 Å². The minimum atomic E-state index is -4.86. The van der Waals surface area contributed by atoms with Gasteiger partial charge in [0.1, 0.15) is 6.10 Å². The Balaban J connectivity index is 2.34. The van der Waals surface area contributed by atoms with Gasteiger partial charge >= 0.3 is 25.2 Å². The number of halogens is 2. The summed E-state index contributed by atoms with van der Waals surface area (Å²) in [6.07, 6.45) is -6.70. The molecule has 0 N–H and O–H groups in total. The molecule has 1 unspecified atom stereocenters. The van der Waals surface area contributed by atoms with Gasteiger partial charge in [0.05, 0.1) is 32.3 Å². The smallest absolute Gasteiger partial charge is 0.399 e. The topological polar surface area (TPSA) is 107 Å². The van der Waals surface area contributed by atoms with Crippen LogP contribution in [0.15, 0.2) is 30.3 Å². The first-order valence-corrected chi connectivity index (χ1v) is 12.0. The molecule has 2 rings (SSSR count). The van der Waals surface area contributed by atoms with Gasteiger partial charge in [-0.05, 0) is 19.4 Å². The summed E-state index contributed by atoms with van der Waals surface area (Å²) in [6.45, 7) is 4.46. The SMILES string of the molecule is CCOP(=O)(OCC)C(F)(F)C[C@H]1O[C@@H](OC(C)=O)C(OC(C)=O)[C@H]1OCc1ccccc1. The number of alkyl halides is 2. The fourth-order valence-electron chi connectivity index (χ4n) is 3.32. The van der Waals surface area contributed by atoms with Crippen molar-refractivity contribution in [3.63, 3.8) is 0 Å². The number of rotatable bonds is 12. The summed E-state index contributed by atoms with van der Waals surface area (Å²) in [4.78, 5) is 23.2. The quantitative estimate of drug-likeness (QED) is 0.314. The van der Waals surface area contributed by atoms with Crippen LogP contribution in [0.2, 0.25) is 0 Å². The molecule has 33 heavy (non-hydrogen) atoms. The zero-order valence-corrected chi connectivity index (χ0v) is 19.8. The highest BCUT2D eigenvalue weighted by atomic mass is 31.2. The maximum absolute atomic E-state index is 15.1. The van der Waals surface area contributed by atoms with Crippen molar-refractivity contribution in [2.75, 3.05) is 13.2 Å². The van der Waals surface area contributed by atoms with Crippen LogP contribution in [0.1, 0.15) is 39.7 Å². The molecule has 0 aliphatic carbocycles. The van der Waals surface area contributed by atoms with Crippen LogP contribution in [0.25, 0.3) is 0 Å². The molecule has 1 aromatic carbocycles. The Labute approximate surface area is 191 Å². The lowest BCUT2D eigenvalue weighted by molar-refractivity contribution is -0.196. The van der Waals surface area contributed by atoms with Crippen LogP contribution in [0, 0.1) is 0 Å². The standard InChI is InChI=1S/C21H29F2O9P/c1-5-28-33(26,29-6-2)21(22,23)12-17-18(27-13-16-10-8-7-9-11-16)19(30-14(3)24)20(32-17)31-15(4)25/h7-11,17-20H,5-6,12-13H2,1-4H3/t17-,18+,19?,20-/m1/s1. The van der Waals surface area contributed by atoms with Crippen molar-refractivity contribution in [1.29, 1.82) is 0 Å². The lowest BCUT2D eigenvalue weighted by Gasteiger charge is -2.29. The predicted molar refractivity (Wildman–Crippen MR) is 111 cm³/mol. The summed E-state index contributed by atoms with van der Waals surface area (Å²) in [5.74, 6) is -1.53. The largest absolute Gasteiger partial charge is 0.453 e. The molecule has 1 aromatic rings. The number of carbonyl (C=O) groups excluding carboxylic acids is 2. The third-order valence-corrected chi connectivity index (χ3v) is 6.76. The Bertz CT molecular complexity index is 826. The lowest BCUT2D eigenvalue weighted by atomic mass is 10.1. The van der Waals surface area contributed by atoms with E-state index in [0.717, 1.165) is 19.4 Å². The second kappa shape index (κ2) is 12.0. The molecular weight excluding hydrogens is 465 g/mol. The summed E-state index contributed by atoms with van der Waals surface area (Å²) >= 11 is 0. The van der Waals surface area contributed by atoms with E-state index in [2.05, 4.69) is 0 Å². The maximum atomic E-state index is 15.1. The highest BCUT2D eigenvalue weighted by Gasteiger charge is 2.59. The fourth-order valence-corrected chi connectivity index (χ4v) is 4.85. The third-order valence-electron chi connectivity index (χ3n) is 4.58. The van der Waals surface area contributed by atoms with Gasteiger partial charge in [0, 0.05) is 13.8 Å². The summed E-state index contributed by atoms with van der Waals surface area (Å²) < 4.78 is 74.3. The van der Waals surface area contributed by atoms with E-state index < -0.39 is 56.2 Å². The lowest BCUT2D eigenvalue weighted by Crippen LogP contribution is -2.41. The van der Waals surface area contributed by atoms with E-state index in [9.17, 15) is 14.2 Å². The van der Waals surface area contributed by atoms with Crippen LogP contribution in [0.5, 0.6) is 0 Å². The third kappa shape index (κ3) is 7.28. The van der Waals surface area contributed by atoms with Gasteiger partial charge in [-0.2, -0.15) is 8.78 Å². The highest BCUT2D eigenvalue weighted by molar-refractivity contribution is 7.55. The summed E-state index contributed by atoms with van der Waals surface area (Å²) in [5, 5.41) is 0. The first-order valence-electron chi connectivity index (χ1n) is 10.5. The molecule has 4 atom stereocenters. The van der Waals surface area contributed by atoms with Crippen LogP contribution in [0.4, 0.5) is 8.78 Å². The molecule has 186 valence electrons. The summed E-state index contributed by atoms with van der Waals surface area (Å²) in [6, 6.07) is 8.83. The zero-order chi connectivity index (χ0) is 24.6. The van der Waals surface area contributed by atoms with E-state index in [0.29, 0.717) is 0 Å². The van der Waals surface area contributed by atoms with Crippen LogP contribution < -0.4 is 0 Å². The van der Waals surface area contributed by atoms with E-state index in [1.807, 2.05) is 0 Å². The van der Waals surface area contributed by atoms with Crippen molar-refractivity contribution in [3.05, 3.63) is 35.9 Å². The molecule has 0 spiro atoms. The van der Waals surface area contributed by atoms with Crippen molar-refractivity contribution in [1.82, 2.24) is 0 Å². The van der Waals surface area contributed by atoms with Gasteiger partial charge in [0.15, 0.2) is 6.10 Å². The molecule has 1 saturated heterocycles. The van der Waals surface area contributed by atoms with Crippen molar-refractivity contribution in [3.8, 4) is 0 Å². The van der Waals surface area contributed by atoms with Crippen LogP contribution in [-0.2, 0) is 48.8 Å². The molecule has 9 nitrogen and oxygen atoms in total. The number of esters is 2. The maximum Gasteiger partial charge on any atom is 0.399 e. The summed E-state index contributed by atoms with van der Waals surface area (Å²) in [5.41, 5.74) is -3.25. The van der Waals surface area contributed by atoms with Gasteiger partial charge in [-0.15, -0.1) is 0 Å². The fraction of sp³-hybridized carbons (Fsp3) is 0.619. The second-order valence-electron chi connectivity index (χ2n) is 7.19. The first kappa shape index (κ1) is 27.3. The molecule has 0 radical (unpaired) electrons. The minimum Gasteiger partial charge on any atom is -0.453 e. The molecule has 0 bridgehead atoms. The van der Waals surface area contributed by atoms with Crippen molar-refractivity contribution in [2.24, 2.45) is 0 Å². The number of carbonyl (C=O) groups is 2. The molecule has 1 fully saturated rings. The molecule has 0 amide bonds. The van der Waals surface area contributed by atoms with E-state index >= 15 is 8.78 Å². The highest BCUT2D eigenvalue weighted by Crippen LogP contribution is 2.64.